The van der Waals surface area contributed by atoms with Crippen LogP contribution in [0.3, 0.4) is 0 Å². The molecule has 9 nitrogen and oxygen atoms in total. The lowest BCUT2D eigenvalue weighted by atomic mass is 10.1. The SMILES string of the molecule is COC(=O)[C@H](CCCNC(=O)OC(C)(C)C)NC(=O)c1cccn(Cc2ccccc2Cl)c1=O. The number of pyridine rings is 1. The smallest absolute Gasteiger partial charge is 0.407 e. The van der Waals surface area contributed by atoms with Gasteiger partial charge in [0, 0.05) is 17.8 Å². The van der Waals surface area contributed by atoms with Crippen molar-refractivity contribution in [1.82, 2.24) is 15.2 Å². The van der Waals surface area contributed by atoms with Crippen LogP contribution >= 0.6 is 11.6 Å². The third-order valence-electron chi connectivity index (χ3n) is 4.69. The molecule has 1 heterocycles. The summed E-state index contributed by atoms with van der Waals surface area (Å²) in [5, 5.41) is 5.66. The molecule has 2 aromatic rings. The van der Waals surface area contributed by atoms with Gasteiger partial charge in [-0.25, -0.2) is 9.59 Å². The molecule has 2 N–H and O–H groups in total. The van der Waals surface area contributed by atoms with Crippen molar-refractivity contribution < 1.29 is 23.9 Å². The minimum atomic E-state index is -0.991. The highest BCUT2D eigenvalue weighted by atomic mass is 35.5. The first-order valence-electron chi connectivity index (χ1n) is 10.8. The molecule has 0 bridgehead atoms. The molecule has 0 aliphatic carbocycles. The number of esters is 1. The van der Waals surface area contributed by atoms with Crippen molar-refractivity contribution in [2.75, 3.05) is 13.7 Å². The van der Waals surface area contributed by atoms with E-state index in [1.165, 1.54) is 17.7 Å². The number of hydrogen-bond donors (Lipinski definition) is 2. The van der Waals surface area contributed by atoms with Crippen molar-refractivity contribution in [3.63, 3.8) is 0 Å². The number of benzene rings is 1. The van der Waals surface area contributed by atoms with Gasteiger partial charge < -0.3 is 24.7 Å². The van der Waals surface area contributed by atoms with Gasteiger partial charge in [0.05, 0.1) is 13.7 Å². The molecular formula is C24H30ClN3O6. The van der Waals surface area contributed by atoms with Gasteiger partial charge in [-0.3, -0.25) is 9.59 Å². The lowest BCUT2D eigenvalue weighted by molar-refractivity contribution is -0.143. The molecule has 0 saturated heterocycles. The summed E-state index contributed by atoms with van der Waals surface area (Å²) < 4.78 is 11.3. The highest BCUT2D eigenvalue weighted by Gasteiger charge is 2.24. The fourth-order valence-electron chi connectivity index (χ4n) is 3.08. The first-order chi connectivity index (χ1) is 16.0. The van der Waals surface area contributed by atoms with E-state index in [0.717, 1.165) is 5.56 Å². The number of ether oxygens (including phenoxy) is 2. The van der Waals surface area contributed by atoms with E-state index in [0.29, 0.717) is 11.4 Å². The van der Waals surface area contributed by atoms with Crippen molar-refractivity contribution in [3.8, 4) is 0 Å². The van der Waals surface area contributed by atoms with E-state index in [1.54, 1.807) is 57.3 Å². The molecule has 0 aliphatic rings. The number of hydrogen-bond acceptors (Lipinski definition) is 6. The molecule has 1 aromatic carbocycles. The summed E-state index contributed by atoms with van der Waals surface area (Å²) in [5.41, 5.74) is -0.527. The fourth-order valence-corrected chi connectivity index (χ4v) is 3.28. The number of amides is 2. The Morgan fingerprint density at radius 2 is 1.82 bits per heavy atom. The Bertz CT molecular complexity index is 1080. The topological polar surface area (TPSA) is 116 Å². The molecule has 1 atom stereocenters. The molecule has 2 amide bonds. The molecular weight excluding hydrogens is 462 g/mol. The average molecular weight is 492 g/mol. The summed E-state index contributed by atoms with van der Waals surface area (Å²) in [6.07, 6.45) is 1.54. The maximum atomic E-state index is 12.9. The van der Waals surface area contributed by atoms with Crippen molar-refractivity contribution >= 4 is 29.6 Å². The van der Waals surface area contributed by atoms with Crippen LogP contribution in [0.5, 0.6) is 0 Å². The quantitative estimate of drug-likeness (QED) is 0.411. The summed E-state index contributed by atoms with van der Waals surface area (Å²) in [6.45, 7) is 5.68. The molecule has 1 aromatic heterocycles. The van der Waals surface area contributed by atoms with Gasteiger partial charge >= 0.3 is 12.1 Å². The Balaban J connectivity index is 2.04. The maximum Gasteiger partial charge on any atom is 0.407 e. The molecule has 10 heteroatoms. The van der Waals surface area contributed by atoms with E-state index in [1.807, 2.05) is 0 Å². The van der Waals surface area contributed by atoms with E-state index in [2.05, 4.69) is 10.6 Å². The van der Waals surface area contributed by atoms with Crippen LogP contribution in [0.2, 0.25) is 5.02 Å². The number of carbonyl (C=O) groups excluding carboxylic acids is 3. The molecule has 2 rings (SSSR count). The monoisotopic (exact) mass is 491 g/mol. The van der Waals surface area contributed by atoms with Gasteiger partial charge in [-0.15, -0.1) is 0 Å². The van der Waals surface area contributed by atoms with Gasteiger partial charge in [0.25, 0.3) is 11.5 Å². The van der Waals surface area contributed by atoms with Gasteiger partial charge in [0.2, 0.25) is 0 Å². The highest BCUT2D eigenvalue weighted by Crippen LogP contribution is 2.15. The van der Waals surface area contributed by atoms with Crippen LogP contribution in [0.1, 0.15) is 49.5 Å². The van der Waals surface area contributed by atoms with E-state index in [-0.39, 0.29) is 25.1 Å². The van der Waals surface area contributed by atoms with Gasteiger partial charge in [-0.05, 0) is 57.4 Å². The molecule has 0 fully saturated rings. The van der Waals surface area contributed by atoms with Gasteiger partial charge in [-0.2, -0.15) is 0 Å². The summed E-state index contributed by atoms with van der Waals surface area (Å²) in [5.74, 6) is -1.35. The lowest BCUT2D eigenvalue weighted by Crippen LogP contribution is -2.44. The summed E-state index contributed by atoms with van der Waals surface area (Å²) >= 11 is 6.18. The summed E-state index contributed by atoms with van der Waals surface area (Å²) in [6, 6.07) is 9.08. The third-order valence-corrected chi connectivity index (χ3v) is 5.06. The van der Waals surface area contributed by atoms with Crippen LogP contribution in [0.15, 0.2) is 47.4 Å². The molecule has 0 saturated carbocycles. The zero-order valence-electron chi connectivity index (χ0n) is 19.7. The number of halogens is 1. The molecule has 184 valence electrons. The molecule has 0 aliphatic heterocycles. The van der Waals surface area contributed by atoms with Crippen molar-refractivity contribution in [2.24, 2.45) is 0 Å². The molecule has 0 unspecified atom stereocenters. The second kappa shape index (κ2) is 12.2. The normalized spacial score (nSPS) is 11.9. The standard InChI is InChI=1S/C24H30ClN3O6/c1-24(2,3)34-23(32)26-13-7-12-19(22(31)33-4)27-20(29)17-10-8-14-28(21(17)30)15-16-9-5-6-11-18(16)25/h5-6,8-11,14,19H,7,12-13,15H2,1-4H3,(H,26,32)(H,27,29)/t19-/m0/s1. The number of nitrogens with zero attached hydrogens (tertiary/aromatic N) is 1. The van der Waals surface area contributed by atoms with Gasteiger partial charge in [0.1, 0.15) is 17.2 Å². The maximum absolute atomic E-state index is 12.9. The number of nitrogens with one attached hydrogen (secondary N) is 2. The van der Waals surface area contributed by atoms with E-state index in [4.69, 9.17) is 21.1 Å². The predicted molar refractivity (Wildman–Crippen MR) is 128 cm³/mol. The molecule has 34 heavy (non-hydrogen) atoms. The van der Waals surface area contributed by atoms with Crippen molar-refractivity contribution in [3.05, 3.63) is 69.1 Å². The lowest BCUT2D eigenvalue weighted by Gasteiger charge is -2.20. The second-order valence-electron chi connectivity index (χ2n) is 8.57. The summed E-state index contributed by atoms with van der Waals surface area (Å²) in [7, 11) is 1.21. The minimum absolute atomic E-state index is 0.115. The van der Waals surface area contributed by atoms with Crippen LogP contribution in [-0.2, 0) is 20.8 Å². The zero-order valence-corrected chi connectivity index (χ0v) is 20.5. The number of rotatable bonds is 9. The first-order valence-corrected chi connectivity index (χ1v) is 11.2. The Hall–Kier alpha value is -3.33. The van der Waals surface area contributed by atoms with Gasteiger partial charge in [0.15, 0.2) is 0 Å². The summed E-state index contributed by atoms with van der Waals surface area (Å²) in [4.78, 5) is 49.6. The first kappa shape index (κ1) is 26.9. The molecule has 0 spiro atoms. The van der Waals surface area contributed by atoms with E-state index in [9.17, 15) is 19.2 Å². The third kappa shape index (κ3) is 8.22. The number of alkyl carbamates (subject to hydrolysis) is 1. The van der Waals surface area contributed by atoms with Crippen molar-refractivity contribution in [2.45, 2.75) is 51.8 Å². The highest BCUT2D eigenvalue weighted by molar-refractivity contribution is 6.31. The fraction of sp³-hybridized carbons (Fsp3) is 0.417. The average Bonchev–Trinajstić information content (AvgIpc) is 2.76. The number of methoxy groups -OCH3 is 1. The number of aromatic nitrogens is 1. The van der Waals surface area contributed by atoms with Crippen LogP contribution in [0.25, 0.3) is 0 Å². The predicted octanol–water partition coefficient (Wildman–Crippen LogP) is 3.13. The zero-order chi connectivity index (χ0) is 25.3. The molecule has 0 radical (unpaired) electrons. The van der Waals surface area contributed by atoms with Gasteiger partial charge in [-0.1, -0.05) is 29.8 Å². The Morgan fingerprint density at radius 1 is 1.12 bits per heavy atom. The van der Waals surface area contributed by atoms with Crippen LogP contribution in [0.4, 0.5) is 4.79 Å². The Kier molecular flexibility index (Phi) is 9.68. The Morgan fingerprint density at radius 3 is 2.47 bits per heavy atom. The van der Waals surface area contributed by atoms with Crippen molar-refractivity contribution in [1.29, 1.82) is 0 Å². The van der Waals surface area contributed by atoms with Crippen LogP contribution in [0, 0.1) is 0 Å². The van der Waals surface area contributed by atoms with Crippen LogP contribution in [-0.4, -0.2) is 47.8 Å². The Labute approximate surface area is 203 Å². The largest absolute Gasteiger partial charge is 0.467 e. The minimum Gasteiger partial charge on any atom is -0.467 e. The second-order valence-corrected chi connectivity index (χ2v) is 8.97. The van der Waals surface area contributed by atoms with E-state index >= 15 is 0 Å². The number of carbonyl (C=O) groups is 3. The van der Waals surface area contributed by atoms with Crippen LogP contribution < -0.4 is 16.2 Å². The van der Waals surface area contributed by atoms with E-state index < -0.39 is 35.2 Å².